The predicted octanol–water partition coefficient (Wildman–Crippen LogP) is 3.17. The Labute approximate surface area is 121 Å². The lowest BCUT2D eigenvalue weighted by Crippen LogP contribution is -2.20. The molecule has 0 aliphatic carbocycles. The van der Waals surface area contributed by atoms with E-state index in [-0.39, 0.29) is 12.5 Å². The van der Waals surface area contributed by atoms with E-state index >= 15 is 0 Å². The number of para-hydroxylation sites is 1. The summed E-state index contributed by atoms with van der Waals surface area (Å²) < 4.78 is 5.31. The number of hydrogen-bond acceptors (Lipinski definition) is 3. The van der Waals surface area contributed by atoms with Crippen LogP contribution in [0.15, 0.2) is 48.5 Å². The van der Waals surface area contributed by atoms with Gasteiger partial charge in [0.25, 0.3) is 5.91 Å². The van der Waals surface area contributed by atoms with Crippen LogP contribution in [0.5, 0.6) is 5.75 Å². The van der Waals surface area contributed by atoms with Crippen molar-refractivity contribution in [2.75, 3.05) is 11.9 Å². The molecule has 0 saturated carbocycles. The lowest BCUT2D eigenvalue weighted by Gasteiger charge is -2.09. The molecule has 0 heterocycles. The molecule has 0 radical (unpaired) electrons. The normalized spacial score (nSPS) is 9.85. The Morgan fingerprint density at radius 1 is 1.20 bits per heavy atom. The van der Waals surface area contributed by atoms with Gasteiger partial charge in [-0.1, -0.05) is 29.8 Å². The van der Waals surface area contributed by atoms with Crippen LogP contribution in [0.2, 0.25) is 5.02 Å². The van der Waals surface area contributed by atoms with Gasteiger partial charge in [0, 0.05) is 11.3 Å². The molecule has 2 rings (SSSR count). The highest BCUT2D eigenvalue weighted by atomic mass is 35.5. The second-order valence-corrected chi connectivity index (χ2v) is 4.42. The molecule has 2 aromatic rings. The molecule has 0 saturated heterocycles. The minimum Gasteiger partial charge on any atom is -0.482 e. The molecule has 0 bridgehead atoms. The Bertz CT molecular complexity index is 614. The zero-order valence-electron chi connectivity index (χ0n) is 10.5. The summed E-state index contributed by atoms with van der Waals surface area (Å²) in [7, 11) is 0. The van der Waals surface area contributed by atoms with E-state index in [1.165, 1.54) is 6.07 Å². The fourth-order valence-corrected chi connectivity index (χ4v) is 1.81. The number of ether oxygens (including phenoxy) is 1. The fraction of sp³-hybridized carbons (Fsp3) is 0.0667. The molecule has 0 aromatic heterocycles. The summed E-state index contributed by atoms with van der Waals surface area (Å²) in [6.45, 7) is -0.158. The van der Waals surface area contributed by atoms with E-state index in [4.69, 9.17) is 16.3 Å². The zero-order valence-corrected chi connectivity index (χ0v) is 11.3. The lowest BCUT2D eigenvalue weighted by molar-refractivity contribution is -0.118. The maximum absolute atomic E-state index is 11.7. The quantitative estimate of drug-likeness (QED) is 0.860. The SMILES string of the molecule is O=Cc1ccc(OCC(=O)Nc2ccccc2)c(Cl)c1. The van der Waals surface area contributed by atoms with Crippen molar-refractivity contribution in [1.29, 1.82) is 0 Å². The topological polar surface area (TPSA) is 55.4 Å². The van der Waals surface area contributed by atoms with Crippen molar-refractivity contribution in [3.05, 3.63) is 59.1 Å². The molecular formula is C15H12ClNO3. The molecular weight excluding hydrogens is 278 g/mol. The minimum atomic E-state index is -0.285. The molecule has 0 aliphatic rings. The monoisotopic (exact) mass is 289 g/mol. The van der Waals surface area contributed by atoms with Gasteiger partial charge in [0.05, 0.1) is 5.02 Å². The Morgan fingerprint density at radius 2 is 1.95 bits per heavy atom. The first kappa shape index (κ1) is 14.1. The number of amides is 1. The smallest absolute Gasteiger partial charge is 0.262 e. The van der Waals surface area contributed by atoms with Gasteiger partial charge in [-0.25, -0.2) is 0 Å². The molecule has 0 unspecified atom stereocenters. The van der Waals surface area contributed by atoms with E-state index < -0.39 is 0 Å². The summed E-state index contributed by atoms with van der Waals surface area (Å²) >= 11 is 5.94. The molecule has 1 N–H and O–H groups in total. The highest BCUT2D eigenvalue weighted by Crippen LogP contribution is 2.24. The van der Waals surface area contributed by atoms with Crippen molar-refractivity contribution in [2.24, 2.45) is 0 Å². The Balaban J connectivity index is 1.92. The average Bonchev–Trinajstić information content (AvgIpc) is 2.47. The van der Waals surface area contributed by atoms with Gasteiger partial charge in [0.2, 0.25) is 0 Å². The largest absolute Gasteiger partial charge is 0.482 e. The lowest BCUT2D eigenvalue weighted by atomic mass is 10.2. The first-order valence-corrected chi connectivity index (χ1v) is 6.29. The van der Waals surface area contributed by atoms with Gasteiger partial charge < -0.3 is 10.1 Å². The van der Waals surface area contributed by atoms with Gasteiger partial charge in [-0.15, -0.1) is 0 Å². The highest BCUT2D eigenvalue weighted by Gasteiger charge is 2.07. The van der Waals surface area contributed by atoms with Gasteiger partial charge in [-0.3, -0.25) is 9.59 Å². The second kappa shape index (κ2) is 6.73. The van der Waals surface area contributed by atoms with Crippen LogP contribution >= 0.6 is 11.6 Å². The number of nitrogens with one attached hydrogen (secondary N) is 1. The molecule has 102 valence electrons. The predicted molar refractivity (Wildman–Crippen MR) is 77.4 cm³/mol. The number of carbonyl (C=O) groups is 2. The van der Waals surface area contributed by atoms with Crippen molar-refractivity contribution in [3.63, 3.8) is 0 Å². The van der Waals surface area contributed by atoms with Crippen LogP contribution in [0.25, 0.3) is 0 Å². The molecule has 0 aliphatic heterocycles. The van der Waals surface area contributed by atoms with E-state index in [1.54, 1.807) is 24.3 Å². The molecule has 1 amide bonds. The Hall–Kier alpha value is -2.33. The number of benzene rings is 2. The zero-order chi connectivity index (χ0) is 14.4. The van der Waals surface area contributed by atoms with Crippen LogP contribution < -0.4 is 10.1 Å². The van der Waals surface area contributed by atoms with Crippen molar-refractivity contribution < 1.29 is 14.3 Å². The number of rotatable bonds is 5. The fourth-order valence-electron chi connectivity index (χ4n) is 1.57. The highest BCUT2D eigenvalue weighted by molar-refractivity contribution is 6.32. The van der Waals surface area contributed by atoms with Crippen LogP contribution in [-0.4, -0.2) is 18.8 Å². The third-order valence-electron chi connectivity index (χ3n) is 2.51. The second-order valence-electron chi connectivity index (χ2n) is 4.01. The van der Waals surface area contributed by atoms with Crippen molar-refractivity contribution >= 4 is 29.5 Å². The number of carbonyl (C=O) groups excluding carboxylic acids is 2. The van der Waals surface area contributed by atoms with E-state index in [2.05, 4.69) is 5.32 Å². The summed E-state index contributed by atoms with van der Waals surface area (Å²) in [6.07, 6.45) is 0.692. The van der Waals surface area contributed by atoms with Crippen LogP contribution in [0.4, 0.5) is 5.69 Å². The third kappa shape index (κ3) is 3.83. The maximum atomic E-state index is 11.7. The van der Waals surface area contributed by atoms with Gasteiger partial charge >= 0.3 is 0 Å². The number of anilines is 1. The van der Waals surface area contributed by atoms with E-state index in [1.807, 2.05) is 18.2 Å². The van der Waals surface area contributed by atoms with Crippen LogP contribution in [0.3, 0.4) is 0 Å². The van der Waals surface area contributed by atoms with E-state index in [0.29, 0.717) is 28.3 Å². The third-order valence-corrected chi connectivity index (χ3v) is 2.80. The summed E-state index contributed by atoms with van der Waals surface area (Å²) in [5.41, 5.74) is 1.15. The van der Waals surface area contributed by atoms with Crippen LogP contribution in [0.1, 0.15) is 10.4 Å². The van der Waals surface area contributed by atoms with Gasteiger partial charge in [-0.2, -0.15) is 0 Å². The number of hydrogen-bond donors (Lipinski definition) is 1. The Kier molecular flexibility index (Phi) is 4.74. The Morgan fingerprint density at radius 3 is 2.60 bits per heavy atom. The first-order chi connectivity index (χ1) is 9.69. The molecule has 20 heavy (non-hydrogen) atoms. The number of aldehydes is 1. The summed E-state index contributed by atoms with van der Waals surface area (Å²) in [4.78, 5) is 22.3. The van der Waals surface area contributed by atoms with Crippen molar-refractivity contribution in [3.8, 4) is 5.75 Å². The maximum Gasteiger partial charge on any atom is 0.262 e. The van der Waals surface area contributed by atoms with Gasteiger partial charge in [0.15, 0.2) is 6.61 Å². The van der Waals surface area contributed by atoms with Crippen molar-refractivity contribution in [2.45, 2.75) is 0 Å². The summed E-state index contributed by atoms with van der Waals surface area (Å²) in [5.74, 6) is 0.0761. The van der Waals surface area contributed by atoms with E-state index in [0.717, 1.165) is 0 Å². The molecule has 0 atom stereocenters. The molecule has 4 nitrogen and oxygen atoms in total. The average molecular weight is 290 g/mol. The van der Waals surface area contributed by atoms with Crippen LogP contribution in [0, 0.1) is 0 Å². The van der Waals surface area contributed by atoms with Crippen LogP contribution in [-0.2, 0) is 4.79 Å². The summed E-state index contributed by atoms with van der Waals surface area (Å²) in [5, 5.41) is 2.98. The summed E-state index contributed by atoms with van der Waals surface area (Å²) in [6, 6.07) is 13.7. The first-order valence-electron chi connectivity index (χ1n) is 5.91. The van der Waals surface area contributed by atoms with Gasteiger partial charge in [-0.05, 0) is 30.3 Å². The molecule has 0 fully saturated rings. The molecule has 0 spiro atoms. The molecule has 5 heteroatoms. The minimum absolute atomic E-state index is 0.158. The standard InChI is InChI=1S/C15H12ClNO3/c16-13-8-11(9-18)6-7-14(13)20-10-15(19)17-12-4-2-1-3-5-12/h1-9H,10H2,(H,17,19). The van der Waals surface area contributed by atoms with E-state index in [9.17, 15) is 9.59 Å². The number of halogens is 1. The van der Waals surface area contributed by atoms with Gasteiger partial charge in [0.1, 0.15) is 12.0 Å². The molecule has 2 aromatic carbocycles. The van der Waals surface area contributed by atoms with Crippen molar-refractivity contribution in [1.82, 2.24) is 0 Å².